The summed E-state index contributed by atoms with van der Waals surface area (Å²) in [4.78, 5) is 0. The number of nitrogens with two attached hydrogens (primary N) is 1. The molecular formula is C10H15N3. The van der Waals surface area contributed by atoms with E-state index in [1.807, 2.05) is 35.2 Å². The zero-order valence-corrected chi connectivity index (χ0v) is 8.07. The van der Waals surface area contributed by atoms with Gasteiger partial charge in [0.25, 0.3) is 0 Å². The minimum Gasteiger partial charge on any atom is -0.321 e. The second-order valence-corrected chi connectivity index (χ2v) is 2.92. The van der Waals surface area contributed by atoms with E-state index < -0.39 is 0 Å². The Balaban J connectivity index is 3.15. The number of hydrogen-bond donors (Lipinski definition) is 1. The first-order valence-electron chi connectivity index (χ1n) is 4.36. The molecule has 0 radical (unpaired) electrons. The van der Waals surface area contributed by atoms with E-state index in [-0.39, 0.29) is 0 Å². The molecule has 0 aliphatic heterocycles. The van der Waals surface area contributed by atoms with Crippen LogP contribution in [-0.4, -0.2) is 4.57 Å². The van der Waals surface area contributed by atoms with Gasteiger partial charge in [0, 0.05) is 12.4 Å². The molecule has 0 amide bonds. The molecule has 0 saturated carbocycles. The molecule has 3 heteroatoms. The Kier molecular flexibility index (Phi) is 3.31. The molecule has 0 fully saturated rings. The Morgan fingerprint density at radius 2 is 2.38 bits per heavy atom. The van der Waals surface area contributed by atoms with Gasteiger partial charge in [-0.25, -0.2) is 0 Å². The molecule has 1 aromatic heterocycles. The molecule has 0 aliphatic rings. The van der Waals surface area contributed by atoms with E-state index in [2.05, 4.69) is 18.9 Å². The van der Waals surface area contributed by atoms with Crippen LogP contribution in [-0.2, 0) is 0 Å². The van der Waals surface area contributed by atoms with Crippen molar-refractivity contribution < 1.29 is 0 Å². The van der Waals surface area contributed by atoms with E-state index in [1.165, 1.54) is 5.57 Å². The van der Waals surface area contributed by atoms with E-state index in [0.717, 1.165) is 11.9 Å². The van der Waals surface area contributed by atoms with E-state index in [0.29, 0.717) is 0 Å². The van der Waals surface area contributed by atoms with Crippen LogP contribution in [0.3, 0.4) is 0 Å². The second kappa shape index (κ2) is 4.50. The molecular weight excluding hydrogens is 162 g/mol. The summed E-state index contributed by atoms with van der Waals surface area (Å²) in [6.45, 7) is 4.20. The Morgan fingerprint density at radius 3 is 3.00 bits per heavy atom. The first-order valence-corrected chi connectivity index (χ1v) is 4.36. The van der Waals surface area contributed by atoms with Crippen LogP contribution in [0.5, 0.6) is 0 Å². The Bertz CT molecular complexity index is 360. The fourth-order valence-corrected chi connectivity index (χ4v) is 0.994. The highest BCUT2D eigenvalue weighted by molar-refractivity contribution is 5.28. The molecule has 1 aromatic rings. The third kappa shape index (κ3) is 2.47. The van der Waals surface area contributed by atoms with Gasteiger partial charge in [0.2, 0.25) is 0 Å². The van der Waals surface area contributed by atoms with Crippen molar-refractivity contribution in [3.63, 3.8) is 0 Å². The topological polar surface area (TPSA) is 43.3 Å². The maximum Gasteiger partial charge on any atom is 0.156 e. The van der Waals surface area contributed by atoms with Gasteiger partial charge in [0.15, 0.2) is 5.49 Å². The van der Waals surface area contributed by atoms with Gasteiger partial charge in [-0.3, -0.25) is 0 Å². The maximum absolute atomic E-state index is 5.24. The molecule has 0 aromatic carbocycles. The minimum absolute atomic E-state index is 0.760. The first-order chi connectivity index (χ1) is 6.27. The largest absolute Gasteiger partial charge is 0.321 e. The predicted octanol–water partition coefficient (Wildman–Crippen LogP) is 1.53. The fourth-order valence-electron chi connectivity index (χ4n) is 0.994. The van der Waals surface area contributed by atoms with Gasteiger partial charge < -0.3 is 10.4 Å². The standard InChI is InChI=1S/C10H15N3/c1-3-9(2)8-13-7-5-4-6-10(13)12-11/h4-8H,3,11H2,1-2H3/b9-8+,12-10-. The number of hydrogen-bond acceptors (Lipinski definition) is 2. The van der Waals surface area contributed by atoms with E-state index in [9.17, 15) is 0 Å². The normalized spacial score (nSPS) is 13.4. The van der Waals surface area contributed by atoms with Crippen molar-refractivity contribution in [2.24, 2.45) is 10.9 Å². The second-order valence-electron chi connectivity index (χ2n) is 2.92. The van der Waals surface area contributed by atoms with Gasteiger partial charge >= 0.3 is 0 Å². The molecule has 0 atom stereocenters. The zero-order chi connectivity index (χ0) is 9.68. The third-order valence-electron chi connectivity index (χ3n) is 1.92. The van der Waals surface area contributed by atoms with Crippen LogP contribution >= 0.6 is 0 Å². The van der Waals surface area contributed by atoms with Crippen molar-refractivity contribution in [1.82, 2.24) is 4.57 Å². The van der Waals surface area contributed by atoms with Gasteiger partial charge in [0.05, 0.1) is 0 Å². The zero-order valence-electron chi connectivity index (χ0n) is 8.07. The highest BCUT2D eigenvalue weighted by atomic mass is 15.2. The number of nitrogens with zero attached hydrogens (tertiary/aromatic N) is 2. The van der Waals surface area contributed by atoms with Crippen LogP contribution < -0.4 is 11.3 Å². The molecule has 2 N–H and O–H groups in total. The van der Waals surface area contributed by atoms with E-state index in [1.54, 1.807) is 0 Å². The lowest BCUT2D eigenvalue weighted by Gasteiger charge is -2.01. The summed E-state index contributed by atoms with van der Waals surface area (Å²) in [6, 6.07) is 5.74. The monoisotopic (exact) mass is 177 g/mol. The average Bonchev–Trinajstić information content (AvgIpc) is 2.18. The molecule has 0 unspecified atom stereocenters. The summed E-state index contributed by atoms with van der Waals surface area (Å²) in [5.41, 5.74) is 2.05. The average molecular weight is 177 g/mol. The number of rotatable bonds is 2. The van der Waals surface area contributed by atoms with Crippen molar-refractivity contribution >= 4 is 6.20 Å². The summed E-state index contributed by atoms with van der Waals surface area (Å²) in [6.07, 6.45) is 5.00. The van der Waals surface area contributed by atoms with E-state index >= 15 is 0 Å². The van der Waals surface area contributed by atoms with Gasteiger partial charge in [-0.2, -0.15) is 5.10 Å². The van der Waals surface area contributed by atoms with Crippen LogP contribution in [0.25, 0.3) is 6.20 Å². The SMILES string of the molecule is CC/C(C)=C/n1cccc/c1=N/N. The lowest BCUT2D eigenvalue weighted by molar-refractivity contribution is 0.942. The van der Waals surface area contributed by atoms with Gasteiger partial charge in [-0.05, 0) is 25.5 Å². The van der Waals surface area contributed by atoms with Crippen LogP contribution in [0.4, 0.5) is 0 Å². The molecule has 1 rings (SSSR count). The van der Waals surface area contributed by atoms with Crippen molar-refractivity contribution in [3.8, 4) is 0 Å². The molecule has 3 nitrogen and oxygen atoms in total. The highest BCUT2D eigenvalue weighted by Gasteiger charge is 1.88. The van der Waals surface area contributed by atoms with E-state index in [4.69, 9.17) is 5.84 Å². The summed E-state index contributed by atoms with van der Waals surface area (Å²) < 4.78 is 1.92. The summed E-state index contributed by atoms with van der Waals surface area (Å²) in [5, 5.41) is 3.68. The third-order valence-corrected chi connectivity index (χ3v) is 1.92. The number of allylic oxidation sites excluding steroid dienone is 1. The minimum atomic E-state index is 0.760. The molecule has 0 saturated heterocycles. The lowest BCUT2D eigenvalue weighted by atomic mass is 10.2. The fraction of sp³-hybridized carbons (Fsp3) is 0.300. The van der Waals surface area contributed by atoms with Gasteiger partial charge in [-0.15, -0.1) is 0 Å². The van der Waals surface area contributed by atoms with Crippen LogP contribution in [0.15, 0.2) is 35.1 Å². The molecule has 13 heavy (non-hydrogen) atoms. The van der Waals surface area contributed by atoms with Crippen molar-refractivity contribution in [3.05, 3.63) is 35.5 Å². The van der Waals surface area contributed by atoms with Crippen molar-refractivity contribution in [1.29, 1.82) is 0 Å². The highest BCUT2D eigenvalue weighted by Crippen LogP contribution is 1.98. The summed E-state index contributed by atoms with van der Waals surface area (Å²) >= 11 is 0. The molecule has 0 spiro atoms. The van der Waals surface area contributed by atoms with Crippen LogP contribution in [0.1, 0.15) is 20.3 Å². The van der Waals surface area contributed by atoms with Crippen molar-refractivity contribution in [2.75, 3.05) is 0 Å². The Hall–Kier alpha value is -1.51. The summed E-state index contributed by atoms with van der Waals surface area (Å²) in [7, 11) is 0. The van der Waals surface area contributed by atoms with Gasteiger partial charge in [-0.1, -0.05) is 18.6 Å². The Labute approximate surface area is 78.2 Å². The smallest absolute Gasteiger partial charge is 0.156 e. The quantitative estimate of drug-likeness (QED) is 0.540. The summed E-state index contributed by atoms with van der Waals surface area (Å²) in [5.74, 6) is 5.24. The Morgan fingerprint density at radius 1 is 1.62 bits per heavy atom. The van der Waals surface area contributed by atoms with Crippen LogP contribution in [0.2, 0.25) is 0 Å². The first kappa shape index (κ1) is 9.58. The molecule has 1 heterocycles. The predicted molar refractivity (Wildman–Crippen MR) is 54.4 cm³/mol. The molecule has 0 aliphatic carbocycles. The molecule has 0 bridgehead atoms. The lowest BCUT2D eigenvalue weighted by Crippen LogP contribution is -2.17. The number of pyridine rings is 1. The van der Waals surface area contributed by atoms with Crippen LogP contribution in [0, 0.1) is 0 Å². The van der Waals surface area contributed by atoms with Gasteiger partial charge in [0.1, 0.15) is 0 Å². The number of aromatic nitrogens is 1. The maximum atomic E-state index is 5.24. The van der Waals surface area contributed by atoms with Crippen molar-refractivity contribution in [2.45, 2.75) is 20.3 Å². The molecule has 70 valence electrons.